The summed E-state index contributed by atoms with van der Waals surface area (Å²) >= 11 is 3.41. The van der Waals surface area contributed by atoms with Crippen molar-refractivity contribution in [2.75, 3.05) is 17.2 Å². The van der Waals surface area contributed by atoms with Crippen LogP contribution < -0.4 is 10.6 Å². The lowest BCUT2D eigenvalue weighted by atomic mass is 9.87. The molecule has 0 radical (unpaired) electrons. The highest BCUT2D eigenvalue weighted by molar-refractivity contribution is 9.10. The second-order valence-corrected chi connectivity index (χ2v) is 7.06. The van der Waals surface area contributed by atoms with E-state index in [4.69, 9.17) is 0 Å². The monoisotopic (exact) mass is 360 g/mol. The molecule has 0 bridgehead atoms. The molecule has 3 nitrogen and oxygen atoms in total. The summed E-state index contributed by atoms with van der Waals surface area (Å²) in [7, 11) is 0. The molecule has 2 rings (SSSR count). The zero-order valence-corrected chi connectivity index (χ0v) is 14.7. The molecule has 1 amide bonds. The summed E-state index contributed by atoms with van der Waals surface area (Å²) in [4.78, 5) is 12.0. The second kappa shape index (κ2) is 6.97. The van der Waals surface area contributed by atoms with Crippen molar-refractivity contribution in [3.05, 3.63) is 58.6 Å². The Morgan fingerprint density at radius 2 is 1.68 bits per heavy atom. The molecule has 4 heteroatoms. The highest BCUT2D eigenvalue weighted by atomic mass is 79.9. The van der Waals surface area contributed by atoms with Gasteiger partial charge in [0.1, 0.15) is 0 Å². The standard InChI is InChI=1S/C18H21BrN2O/c1-18(2,3)13-8-10-14(11-9-13)20-12-17(22)21-16-7-5-4-6-15(16)19/h4-11,20H,12H2,1-3H3,(H,21,22). The molecular formula is C18H21BrN2O. The van der Waals surface area contributed by atoms with Gasteiger partial charge in [0.2, 0.25) is 5.91 Å². The van der Waals surface area contributed by atoms with Crippen LogP contribution in [0.1, 0.15) is 26.3 Å². The van der Waals surface area contributed by atoms with E-state index in [0.717, 1.165) is 15.8 Å². The minimum Gasteiger partial charge on any atom is -0.376 e. The molecule has 0 fully saturated rings. The molecule has 0 atom stereocenters. The lowest BCUT2D eigenvalue weighted by Crippen LogP contribution is -2.22. The summed E-state index contributed by atoms with van der Waals surface area (Å²) in [6.07, 6.45) is 0. The first-order chi connectivity index (χ1) is 10.4. The van der Waals surface area contributed by atoms with Crippen molar-refractivity contribution >= 4 is 33.2 Å². The molecule has 0 heterocycles. The summed E-state index contributed by atoms with van der Waals surface area (Å²) in [6.45, 7) is 6.78. The van der Waals surface area contributed by atoms with E-state index in [1.807, 2.05) is 36.4 Å². The molecule has 2 aromatic rings. The van der Waals surface area contributed by atoms with Gasteiger partial charge in [-0.15, -0.1) is 0 Å². The average molecular weight is 361 g/mol. The molecule has 0 aliphatic carbocycles. The Labute approximate surface area is 140 Å². The van der Waals surface area contributed by atoms with E-state index in [1.54, 1.807) is 0 Å². The van der Waals surface area contributed by atoms with Crippen LogP contribution in [0.3, 0.4) is 0 Å². The van der Waals surface area contributed by atoms with E-state index < -0.39 is 0 Å². The van der Waals surface area contributed by atoms with E-state index in [-0.39, 0.29) is 17.9 Å². The van der Waals surface area contributed by atoms with Gasteiger partial charge >= 0.3 is 0 Å². The van der Waals surface area contributed by atoms with Gasteiger partial charge in [-0.1, -0.05) is 45.0 Å². The first-order valence-electron chi connectivity index (χ1n) is 7.25. The normalized spacial score (nSPS) is 11.1. The van der Waals surface area contributed by atoms with Gasteiger partial charge in [-0.05, 0) is 51.2 Å². The summed E-state index contributed by atoms with van der Waals surface area (Å²) in [5, 5.41) is 6.00. The van der Waals surface area contributed by atoms with Crippen molar-refractivity contribution < 1.29 is 4.79 Å². The maximum Gasteiger partial charge on any atom is 0.243 e. The maximum atomic E-state index is 12.0. The van der Waals surface area contributed by atoms with Crippen molar-refractivity contribution in [2.24, 2.45) is 0 Å². The third kappa shape index (κ3) is 4.60. The number of para-hydroxylation sites is 1. The average Bonchev–Trinajstić information content (AvgIpc) is 2.47. The van der Waals surface area contributed by atoms with E-state index in [1.165, 1.54) is 5.56 Å². The van der Waals surface area contributed by atoms with E-state index >= 15 is 0 Å². The molecule has 0 saturated heterocycles. The van der Waals surface area contributed by atoms with Crippen LogP contribution in [-0.4, -0.2) is 12.5 Å². The number of rotatable bonds is 4. The van der Waals surface area contributed by atoms with Crippen molar-refractivity contribution in [3.8, 4) is 0 Å². The Morgan fingerprint density at radius 1 is 1.05 bits per heavy atom. The Balaban J connectivity index is 1.90. The van der Waals surface area contributed by atoms with Crippen LogP contribution in [0.15, 0.2) is 53.0 Å². The Bertz CT molecular complexity index is 645. The third-order valence-corrected chi connectivity index (χ3v) is 4.04. The lowest BCUT2D eigenvalue weighted by molar-refractivity contribution is -0.114. The first kappa shape index (κ1) is 16.6. The molecule has 0 aromatic heterocycles. The predicted molar refractivity (Wildman–Crippen MR) is 96.4 cm³/mol. The van der Waals surface area contributed by atoms with Gasteiger partial charge < -0.3 is 10.6 Å². The molecule has 2 aromatic carbocycles. The van der Waals surface area contributed by atoms with Crippen LogP contribution >= 0.6 is 15.9 Å². The van der Waals surface area contributed by atoms with Crippen LogP contribution in [0.2, 0.25) is 0 Å². The fourth-order valence-corrected chi connectivity index (χ4v) is 2.41. The minimum absolute atomic E-state index is 0.0770. The van der Waals surface area contributed by atoms with Gasteiger partial charge in [-0.2, -0.15) is 0 Å². The topological polar surface area (TPSA) is 41.1 Å². The van der Waals surface area contributed by atoms with E-state index in [9.17, 15) is 4.79 Å². The number of hydrogen-bond donors (Lipinski definition) is 2. The highest BCUT2D eigenvalue weighted by Gasteiger charge is 2.12. The number of nitrogens with one attached hydrogen (secondary N) is 2. The van der Waals surface area contributed by atoms with E-state index in [2.05, 4.69) is 59.5 Å². The first-order valence-corrected chi connectivity index (χ1v) is 8.04. The molecule has 0 saturated carbocycles. The van der Waals surface area contributed by atoms with Crippen LogP contribution in [-0.2, 0) is 10.2 Å². The Kier molecular flexibility index (Phi) is 5.24. The van der Waals surface area contributed by atoms with Crippen molar-refractivity contribution in [1.29, 1.82) is 0 Å². The van der Waals surface area contributed by atoms with Gasteiger partial charge in [0.05, 0.1) is 12.2 Å². The van der Waals surface area contributed by atoms with Crippen LogP contribution in [0.5, 0.6) is 0 Å². The highest BCUT2D eigenvalue weighted by Crippen LogP contribution is 2.23. The quantitative estimate of drug-likeness (QED) is 0.822. The fraction of sp³-hybridized carbons (Fsp3) is 0.278. The van der Waals surface area contributed by atoms with Crippen LogP contribution in [0, 0.1) is 0 Å². The summed E-state index contributed by atoms with van der Waals surface area (Å²) in [5.41, 5.74) is 3.12. The van der Waals surface area contributed by atoms with Crippen molar-refractivity contribution in [3.63, 3.8) is 0 Å². The smallest absolute Gasteiger partial charge is 0.243 e. The molecule has 116 valence electrons. The van der Waals surface area contributed by atoms with Crippen LogP contribution in [0.4, 0.5) is 11.4 Å². The Hall–Kier alpha value is -1.81. The zero-order chi connectivity index (χ0) is 16.2. The molecular weight excluding hydrogens is 340 g/mol. The number of halogens is 1. The third-order valence-electron chi connectivity index (χ3n) is 3.35. The molecule has 0 aliphatic rings. The summed E-state index contributed by atoms with van der Waals surface area (Å²) in [6, 6.07) is 15.8. The number of hydrogen-bond acceptors (Lipinski definition) is 2. The second-order valence-electron chi connectivity index (χ2n) is 6.21. The van der Waals surface area contributed by atoms with Gasteiger partial charge in [-0.25, -0.2) is 0 Å². The number of amides is 1. The number of anilines is 2. The predicted octanol–water partition coefficient (Wildman–Crippen LogP) is 4.80. The van der Waals surface area contributed by atoms with Crippen molar-refractivity contribution in [1.82, 2.24) is 0 Å². The number of benzene rings is 2. The molecule has 0 unspecified atom stereocenters. The van der Waals surface area contributed by atoms with Gasteiger partial charge in [0.15, 0.2) is 0 Å². The van der Waals surface area contributed by atoms with Gasteiger partial charge in [-0.3, -0.25) is 4.79 Å². The summed E-state index contributed by atoms with van der Waals surface area (Å²) < 4.78 is 0.873. The molecule has 22 heavy (non-hydrogen) atoms. The van der Waals surface area contributed by atoms with Crippen LogP contribution in [0.25, 0.3) is 0 Å². The van der Waals surface area contributed by atoms with Gasteiger partial charge in [0, 0.05) is 10.2 Å². The molecule has 0 aliphatic heterocycles. The summed E-state index contributed by atoms with van der Waals surface area (Å²) in [5.74, 6) is -0.0770. The maximum absolute atomic E-state index is 12.0. The molecule has 2 N–H and O–H groups in total. The Morgan fingerprint density at radius 3 is 2.27 bits per heavy atom. The minimum atomic E-state index is -0.0770. The lowest BCUT2D eigenvalue weighted by Gasteiger charge is -2.19. The number of carbonyl (C=O) groups is 1. The van der Waals surface area contributed by atoms with E-state index in [0.29, 0.717) is 0 Å². The fourth-order valence-electron chi connectivity index (χ4n) is 2.03. The number of carbonyl (C=O) groups excluding carboxylic acids is 1. The molecule has 0 spiro atoms. The van der Waals surface area contributed by atoms with Gasteiger partial charge in [0.25, 0.3) is 0 Å². The zero-order valence-electron chi connectivity index (χ0n) is 13.1. The largest absolute Gasteiger partial charge is 0.376 e. The van der Waals surface area contributed by atoms with Crippen molar-refractivity contribution in [2.45, 2.75) is 26.2 Å². The SMILES string of the molecule is CC(C)(C)c1ccc(NCC(=O)Nc2ccccc2Br)cc1.